The zero-order chi connectivity index (χ0) is 18.8. The summed E-state index contributed by atoms with van der Waals surface area (Å²) >= 11 is 0. The highest BCUT2D eigenvalue weighted by atomic mass is 16.6. The van der Waals surface area contributed by atoms with Gasteiger partial charge in [-0.25, -0.2) is 19.4 Å². The van der Waals surface area contributed by atoms with Crippen LogP contribution in [0.15, 0.2) is 48.9 Å². The van der Waals surface area contributed by atoms with Crippen molar-refractivity contribution >= 4 is 17.9 Å². The molecule has 0 aliphatic rings. The van der Waals surface area contributed by atoms with Crippen molar-refractivity contribution in [2.75, 3.05) is 19.8 Å². The Kier molecular flexibility index (Phi) is 7.19. The van der Waals surface area contributed by atoms with Crippen molar-refractivity contribution in [3.63, 3.8) is 0 Å². The van der Waals surface area contributed by atoms with E-state index in [1.807, 2.05) is 0 Å². The Morgan fingerprint density at radius 1 is 1.00 bits per heavy atom. The molecule has 0 aliphatic heterocycles. The number of ether oxygens (including phenoxy) is 3. The summed E-state index contributed by atoms with van der Waals surface area (Å²) < 4.78 is 14.6. The lowest BCUT2D eigenvalue weighted by Gasteiger charge is -2.14. The molecule has 2 aromatic heterocycles. The summed E-state index contributed by atoms with van der Waals surface area (Å²) in [7, 11) is 0. The lowest BCUT2D eigenvalue weighted by Crippen LogP contribution is -2.33. The van der Waals surface area contributed by atoms with Crippen LogP contribution in [0.3, 0.4) is 0 Å². The molecule has 26 heavy (non-hydrogen) atoms. The van der Waals surface area contributed by atoms with Crippen LogP contribution in [-0.2, 0) is 19.0 Å². The largest absolute Gasteiger partial charge is 0.459 e. The number of carbonyl (C=O) groups is 3. The van der Waals surface area contributed by atoms with E-state index in [-0.39, 0.29) is 24.5 Å². The molecule has 2 heterocycles. The highest BCUT2D eigenvalue weighted by molar-refractivity contribution is 5.90. The van der Waals surface area contributed by atoms with E-state index in [2.05, 4.69) is 9.97 Å². The first-order valence-corrected chi connectivity index (χ1v) is 7.58. The first-order chi connectivity index (χ1) is 12.6. The van der Waals surface area contributed by atoms with Crippen molar-refractivity contribution in [1.82, 2.24) is 9.97 Å². The van der Waals surface area contributed by atoms with Gasteiger partial charge in [-0.1, -0.05) is 6.07 Å². The Balaban J connectivity index is 1.75. The van der Waals surface area contributed by atoms with Crippen LogP contribution < -0.4 is 0 Å². The van der Waals surface area contributed by atoms with E-state index in [0.717, 1.165) is 0 Å². The first kappa shape index (κ1) is 19.0. The zero-order valence-electron chi connectivity index (χ0n) is 13.6. The Morgan fingerprint density at radius 2 is 1.81 bits per heavy atom. The van der Waals surface area contributed by atoms with E-state index in [1.165, 1.54) is 30.7 Å². The maximum Gasteiger partial charge on any atom is 0.357 e. The predicted octanol–water partition coefficient (Wildman–Crippen LogP) is 0.394. The number of hydrogen-bond acceptors (Lipinski definition) is 9. The van der Waals surface area contributed by atoms with Gasteiger partial charge in [0.2, 0.25) is 6.10 Å². The van der Waals surface area contributed by atoms with Crippen LogP contribution >= 0.6 is 0 Å². The number of aromatic nitrogens is 2. The molecule has 0 amide bonds. The van der Waals surface area contributed by atoms with Crippen molar-refractivity contribution in [3.05, 3.63) is 60.2 Å². The number of rotatable bonds is 8. The quantitative estimate of drug-likeness (QED) is 0.404. The molecule has 0 saturated heterocycles. The molecule has 0 aromatic carbocycles. The Hall–Kier alpha value is -3.33. The molecule has 9 heteroatoms. The highest BCUT2D eigenvalue weighted by Gasteiger charge is 2.25. The van der Waals surface area contributed by atoms with Gasteiger partial charge in [0.05, 0.1) is 12.2 Å². The standard InChI is InChI=1S/C17H16N2O7/c20-11-14(26-16(22)13-5-1-2-7-19-13)17(23)25-9-8-24-15(21)12-4-3-6-18-10-12/h1-7,10,14,20H,8-9,11H2. The summed E-state index contributed by atoms with van der Waals surface area (Å²) in [5.41, 5.74) is 0.250. The Labute approximate surface area is 148 Å². The molecule has 1 unspecified atom stereocenters. The number of carbonyl (C=O) groups excluding carboxylic acids is 3. The fourth-order valence-corrected chi connectivity index (χ4v) is 1.77. The van der Waals surface area contributed by atoms with Crippen LogP contribution in [0.25, 0.3) is 0 Å². The second kappa shape index (κ2) is 9.84. The van der Waals surface area contributed by atoms with Crippen molar-refractivity contribution in [3.8, 4) is 0 Å². The van der Waals surface area contributed by atoms with E-state index in [9.17, 15) is 19.5 Å². The average molecular weight is 360 g/mol. The molecular formula is C17H16N2O7. The molecule has 2 rings (SSSR count). The number of nitrogens with zero attached hydrogens (tertiary/aromatic N) is 2. The first-order valence-electron chi connectivity index (χ1n) is 7.58. The van der Waals surface area contributed by atoms with Crippen LogP contribution in [0.4, 0.5) is 0 Å². The number of pyridine rings is 2. The van der Waals surface area contributed by atoms with Gasteiger partial charge < -0.3 is 19.3 Å². The topological polar surface area (TPSA) is 125 Å². The Bertz CT molecular complexity index is 737. The van der Waals surface area contributed by atoms with Gasteiger partial charge in [-0.2, -0.15) is 0 Å². The molecular weight excluding hydrogens is 344 g/mol. The van der Waals surface area contributed by atoms with E-state index in [0.29, 0.717) is 0 Å². The lowest BCUT2D eigenvalue weighted by molar-refractivity contribution is -0.157. The van der Waals surface area contributed by atoms with Crippen molar-refractivity contribution < 1.29 is 33.7 Å². The van der Waals surface area contributed by atoms with E-state index in [1.54, 1.807) is 18.2 Å². The van der Waals surface area contributed by atoms with Gasteiger partial charge in [0.25, 0.3) is 0 Å². The van der Waals surface area contributed by atoms with Crippen molar-refractivity contribution in [1.29, 1.82) is 0 Å². The van der Waals surface area contributed by atoms with Crippen LogP contribution in [0, 0.1) is 0 Å². The van der Waals surface area contributed by atoms with Crippen LogP contribution in [0.1, 0.15) is 20.8 Å². The Morgan fingerprint density at radius 3 is 2.46 bits per heavy atom. The summed E-state index contributed by atoms with van der Waals surface area (Å²) in [6, 6.07) is 7.70. The number of aliphatic hydroxyl groups excluding tert-OH is 1. The molecule has 1 N–H and O–H groups in total. The molecule has 0 bridgehead atoms. The summed E-state index contributed by atoms with van der Waals surface area (Å²) in [6.45, 7) is -1.22. The van der Waals surface area contributed by atoms with Gasteiger partial charge in [-0.05, 0) is 24.3 Å². The monoisotopic (exact) mass is 360 g/mol. The van der Waals surface area contributed by atoms with Gasteiger partial charge in [0.1, 0.15) is 18.9 Å². The smallest absolute Gasteiger partial charge is 0.357 e. The van der Waals surface area contributed by atoms with E-state index < -0.39 is 30.6 Å². The minimum atomic E-state index is -1.50. The second-order valence-electron chi connectivity index (χ2n) is 4.84. The third-order valence-electron chi connectivity index (χ3n) is 3.01. The van der Waals surface area contributed by atoms with Gasteiger partial charge in [0.15, 0.2) is 0 Å². The fourth-order valence-electron chi connectivity index (χ4n) is 1.77. The molecule has 0 saturated carbocycles. The summed E-state index contributed by atoms with van der Waals surface area (Å²) in [5.74, 6) is -2.45. The van der Waals surface area contributed by atoms with Crippen molar-refractivity contribution in [2.24, 2.45) is 0 Å². The number of hydrogen-bond donors (Lipinski definition) is 1. The molecule has 2 aromatic rings. The van der Waals surface area contributed by atoms with Crippen LogP contribution in [0.5, 0.6) is 0 Å². The van der Waals surface area contributed by atoms with Gasteiger partial charge in [-0.3, -0.25) is 4.98 Å². The maximum atomic E-state index is 11.8. The second-order valence-corrected chi connectivity index (χ2v) is 4.84. The number of esters is 3. The molecule has 0 fully saturated rings. The third-order valence-corrected chi connectivity index (χ3v) is 3.01. The normalized spacial score (nSPS) is 11.3. The summed E-state index contributed by atoms with van der Waals surface area (Å²) in [4.78, 5) is 42.9. The molecule has 9 nitrogen and oxygen atoms in total. The molecule has 0 radical (unpaired) electrons. The summed E-state index contributed by atoms with van der Waals surface area (Å²) in [5, 5.41) is 9.19. The molecule has 1 atom stereocenters. The maximum absolute atomic E-state index is 11.8. The third kappa shape index (κ3) is 5.64. The minimum Gasteiger partial charge on any atom is -0.459 e. The van der Waals surface area contributed by atoms with Crippen LogP contribution in [-0.4, -0.2) is 58.9 Å². The molecule has 0 spiro atoms. The van der Waals surface area contributed by atoms with Crippen molar-refractivity contribution in [2.45, 2.75) is 6.10 Å². The summed E-state index contributed by atoms with van der Waals surface area (Å²) in [6.07, 6.45) is 2.74. The van der Waals surface area contributed by atoms with Crippen LogP contribution in [0.2, 0.25) is 0 Å². The van der Waals surface area contributed by atoms with Gasteiger partial charge in [0, 0.05) is 18.6 Å². The SMILES string of the molecule is O=C(OCCOC(=O)C(CO)OC(=O)c1ccccn1)c1cccnc1. The fraction of sp³-hybridized carbons (Fsp3) is 0.235. The van der Waals surface area contributed by atoms with E-state index >= 15 is 0 Å². The highest BCUT2D eigenvalue weighted by Crippen LogP contribution is 2.03. The molecule has 136 valence electrons. The number of aliphatic hydroxyl groups is 1. The minimum absolute atomic E-state index is 0.0100. The zero-order valence-corrected chi connectivity index (χ0v) is 13.6. The predicted molar refractivity (Wildman–Crippen MR) is 86.0 cm³/mol. The van der Waals surface area contributed by atoms with Gasteiger partial charge >= 0.3 is 17.9 Å². The average Bonchev–Trinajstić information content (AvgIpc) is 2.70. The van der Waals surface area contributed by atoms with Gasteiger partial charge in [-0.15, -0.1) is 0 Å². The lowest BCUT2D eigenvalue weighted by atomic mass is 10.3. The van der Waals surface area contributed by atoms with E-state index in [4.69, 9.17) is 14.2 Å². The molecule has 0 aliphatic carbocycles.